The van der Waals surface area contributed by atoms with Crippen LogP contribution in [-0.4, -0.2) is 11.4 Å². The van der Waals surface area contributed by atoms with Gasteiger partial charge in [-0.3, -0.25) is 4.79 Å². The molecule has 102 valence electrons. The number of rotatable bonds is 3. The van der Waals surface area contributed by atoms with E-state index >= 15 is 0 Å². The maximum Gasteiger partial charge on any atom is 0.261 e. The van der Waals surface area contributed by atoms with Gasteiger partial charge in [0, 0.05) is 10.0 Å². The summed E-state index contributed by atoms with van der Waals surface area (Å²) in [6, 6.07) is 1.84. The maximum absolute atomic E-state index is 12.2. The van der Waals surface area contributed by atoms with E-state index in [0.29, 0.717) is 0 Å². The third kappa shape index (κ3) is 5.02. The van der Waals surface area contributed by atoms with Crippen molar-refractivity contribution in [3.8, 4) is 0 Å². The molecule has 1 aromatic rings. The number of amides is 1. The second-order valence-corrected chi connectivity index (χ2v) is 9.53. The van der Waals surface area contributed by atoms with Gasteiger partial charge in [0.25, 0.3) is 5.91 Å². The van der Waals surface area contributed by atoms with Crippen LogP contribution in [0.1, 0.15) is 50.7 Å². The lowest BCUT2D eigenvalue weighted by Crippen LogP contribution is -2.45. The van der Waals surface area contributed by atoms with E-state index in [4.69, 9.17) is 0 Å². The molecule has 0 atom stereocenters. The van der Waals surface area contributed by atoms with Crippen LogP contribution in [0.25, 0.3) is 0 Å². The second-order valence-electron chi connectivity index (χ2n) is 6.31. The lowest BCUT2D eigenvalue weighted by atomic mass is 9.82. The third-order valence-electron chi connectivity index (χ3n) is 2.29. The highest BCUT2D eigenvalue weighted by Crippen LogP contribution is 2.33. The summed E-state index contributed by atoms with van der Waals surface area (Å²) in [5.74, 6) is -0.0133. The topological polar surface area (TPSA) is 29.1 Å². The van der Waals surface area contributed by atoms with E-state index in [9.17, 15) is 4.79 Å². The van der Waals surface area contributed by atoms with E-state index < -0.39 is 0 Å². The van der Waals surface area contributed by atoms with Gasteiger partial charge >= 0.3 is 0 Å². The number of carbonyl (C=O) groups is 1. The maximum atomic E-state index is 12.2. The van der Waals surface area contributed by atoms with E-state index in [-0.39, 0.29) is 16.9 Å². The summed E-state index contributed by atoms with van der Waals surface area (Å²) in [6.07, 6.45) is 0.930. The number of hydrogen-bond acceptors (Lipinski definition) is 2. The summed E-state index contributed by atoms with van der Waals surface area (Å²) in [5, 5.41) is 3.10. The van der Waals surface area contributed by atoms with Gasteiger partial charge in [-0.05, 0) is 63.6 Å². The van der Waals surface area contributed by atoms with Gasteiger partial charge in [-0.15, -0.1) is 11.3 Å². The van der Waals surface area contributed by atoms with Crippen molar-refractivity contribution in [2.75, 3.05) is 0 Å². The van der Waals surface area contributed by atoms with Crippen LogP contribution in [0.4, 0.5) is 0 Å². The highest BCUT2D eigenvalue weighted by Gasteiger charge is 2.28. The summed E-state index contributed by atoms with van der Waals surface area (Å²) < 4.78 is 1.87. The Labute approximate surface area is 130 Å². The summed E-state index contributed by atoms with van der Waals surface area (Å²) in [4.78, 5) is 12.9. The van der Waals surface area contributed by atoms with Crippen molar-refractivity contribution < 1.29 is 4.79 Å². The van der Waals surface area contributed by atoms with E-state index in [1.165, 1.54) is 11.3 Å². The second kappa shape index (κ2) is 5.63. The average Bonchev–Trinajstić information content (AvgIpc) is 2.41. The molecular weight excluding hydrogens is 378 g/mol. The Bertz CT molecular complexity index is 427. The smallest absolute Gasteiger partial charge is 0.261 e. The lowest BCUT2D eigenvalue weighted by molar-refractivity contribution is 0.0895. The molecule has 0 saturated carbocycles. The van der Waals surface area contributed by atoms with Crippen molar-refractivity contribution in [3.05, 3.63) is 19.2 Å². The zero-order valence-electron chi connectivity index (χ0n) is 11.4. The lowest BCUT2D eigenvalue weighted by Gasteiger charge is -2.33. The number of thiophene rings is 1. The van der Waals surface area contributed by atoms with Crippen LogP contribution >= 0.6 is 43.2 Å². The number of carbonyl (C=O) groups excluding carboxylic acids is 1. The molecule has 0 unspecified atom stereocenters. The molecule has 0 fully saturated rings. The van der Waals surface area contributed by atoms with E-state index in [0.717, 1.165) is 19.6 Å². The van der Waals surface area contributed by atoms with Gasteiger partial charge in [-0.25, -0.2) is 0 Å². The molecular formula is C13H19Br2NOS. The molecule has 0 saturated heterocycles. The van der Waals surface area contributed by atoms with Crippen molar-refractivity contribution in [1.29, 1.82) is 0 Å². The van der Waals surface area contributed by atoms with Crippen LogP contribution in [0, 0.1) is 5.41 Å². The predicted octanol–water partition coefficient (Wildman–Crippen LogP) is 5.22. The zero-order valence-corrected chi connectivity index (χ0v) is 15.3. The molecule has 5 heteroatoms. The van der Waals surface area contributed by atoms with Crippen molar-refractivity contribution >= 4 is 49.1 Å². The molecule has 1 N–H and O–H groups in total. The van der Waals surface area contributed by atoms with Gasteiger partial charge in [0.05, 0.1) is 8.66 Å². The third-order valence-corrected chi connectivity index (χ3v) is 5.55. The van der Waals surface area contributed by atoms with Gasteiger partial charge in [0.1, 0.15) is 0 Å². The van der Waals surface area contributed by atoms with E-state index in [1.807, 2.05) is 6.07 Å². The fourth-order valence-corrected chi connectivity index (χ4v) is 4.13. The molecule has 1 aromatic heterocycles. The Morgan fingerprint density at radius 1 is 1.28 bits per heavy atom. The molecule has 2 nitrogen and oxygen atoms in total. The first-order valence-electron chi connectivity index (χ1n) is 5.77. The highest BCUT2D eigenvalue weighted by atomic mass is 79.9. The van der Waals surface area contributed by atoms with Crippen LogP contribution < -0.4 is 5.32 Å². The largest absolute Gasteiger partial charge is 0.346 e. The standard InChI is InChI=1S/C13H19Br2NOS/c1-12(2,3)7-13(4,5)16-11(17)9-6-8(14)10(15)18-9/h6H,7H2,1-5H3,(H,16,17). The van der Waals surface area contributed by atoms with Gasteiger partial charge in [0.15, 0.2) is 0 Å². The van der Waals surface area contributed by atoms with E-state index in [1.54, 1.807) is 0 Å². The molecule has 0 radical (unpaired) electrons. The van der Waals surface area contributed by atoms with Gasteiger partial charge in [0.2, 0.25) is 0 Å². The normalized spacial score (nSPS) is 12.6. The summed E-state index contributed by atoms with van der Waals surface area (Å²) in [6.45, 7) is 10.7. The molecule has 18 heavy (non-hydrogen) atoms. The number of halogens is 2. The van der Waals surface area contributed by atoms with Gasteiger partial charge in [-0.1, -0.05) is 20.8 Å². The van der Waals surface area contributed by atoms with Crippen LogP contribution in [-0.2, 0) is 0 Å². The minimum absolute atomic E-state index is 0.0133. The number of nitrogens with one attached hydrogen (secondary N) is 1. The Morgan fingerprint density at radius 2 is 1.83 bits per heavy atom. The Kier molecular flexibility index (Phi) is 5.06. The Hall–Kier alpha value is 0.130. The van der Waals surface area contributed by atoms with Gasteiger partial charge in [-0.2, -0.15) is 0 Å². The molecule has 0 bridgehead atoms. The SMILES string of the molecule is CC(C)(C)CC(C)(C)NC(=O)c1cc(Br)c(Br)s1. The first-order chi connectivity index (χ1) is 8.00. The first kappa shape index (κ1) is 16.2. The van der Waals surface area contributed by atoms with Crippen molar-refractivity contribution in [2.45, 2.75) is 46.6 Å². The van der Waals surface area contributed by atoms with Gasteiger partial charge < -0.3 is 5.32 Å². The molecule has 0 aliphatic heterocycles. The first-order valence-corrected chi connectivity index (χ1v) is 8.18. The molecule has 1 heterocycles. The van der Waals surface area contributed by atoms with Crippen LogP contribution in [0.2, 0.25) is 0 Å². The molecule has 0 aliphatic rings. The summed E-state index contributed by atoms with van der Waals surface area (Å²) >= 11 is 8.24. The highest BCUT2D eigenvalue weighted by molar-refractivity contribution is 9.13. The molecule has 0 aromatic carbocycles. The van der Waals surface area contributed by atoms with E-state index in [2.05, 4.69) is 71.8 Å². The molecule has 0 aliphatic carbocycles. The summed E-state index contributed by atoms with van der Waals surface area (Å²) in [7, 11) is 0. The van der Waals surface area contributed by atoms with Crippen LogP contribution in [0.3, 0.4) is 0 Å². The fourth-order valence-electron chi connectivity index (χ4n) is 2.20. The van der Waals surface area contributed by atoms with Crippen LogP contribution in [0.5, 0.6) is 0 Å². The van der Waals surface area contributed by atoms with Crippen molar-refractivity contribution in [1.82, 2.24) is 5.32 Å². The number of hydrogen-bond donors (Lipinski definition) is 1. The quantitative estimate of drug-likeness (QED) is 0.745. The van der Waals surface area contributed by atoms with Crippen LogP contribution in [0.15, 0.2) is 14.3 Å². The monoisotopic (exact) mass is 395 g/mol. The fraction of sp³-hybridized carbons (Fsp3) is 0.615. The molecule has 1 amide bonds. The Morgan fingerprint density at radius 3 is 2.22 bits per heavy atom. The molecule has 0 spiro atoms. The average molecular weight is 397 g/mol. The summed E-state index contributed by atoms with van der Waals surface area (Å²) in [5.41, 5.74) is -0.0222. The molecule has 1 rings (SSSR count). The minimum Gasteiger partial charge on any atom is -0.346 e. The van der Waals surface area contributed by atoms with Crippen molar-refractivity contribution in [3.63, 3.8) is 0 Å². The van der Waals surface area contributed by atoms with Crippen molar-refractivity contribution in [2.24, 2.45) is 5.41 Å². The Balaban J connectivity index is 2.75. The minimum atomic E-state index is -0.210. The predicted molar refractivity (Wildman–Crippen MR) is 85.3 cm³/mol. The zero-order chi connectivity index (χ0) is 14.1.